The highest BCUT2D eigenvalue weighted by atomic mass is 79.9. The molecule has 0 saturated carbocycles. The highest BCUT2D eigenvalue weighted by Crippen LogP contribution is 2.35. The van der Waals surface area contributed by atoms with Gasteiger partial charge >= 0.3 is 0 Å². The van der Waals surface area contributed by atoms with Crippen molar-refractivity contribution in [2.75, 3.05) is 6.61 Å². The first-order valence-electron chi connectivity index (χ1n) is 6.26. The van der Waals surface area contributed by atoms with Crippen LogP contribution in [0.5, 0.6) is 5.75 Å². The lowest BCUT2D eigenvalue weighted by Crippen LogP contribution is -2.35. The van der Waals surface area contributed by atoms with Crippen molar-refractivity contribution in [3.63, 3.8) is 0 Å². The second-order valence-corrected chi connectivity index (χ2v) is 6.05. The summed E-state index contributed by atoms with van der Waals surface area (Å²) in [4.78, 5) is 3.00. The third-order valence-corrected chi connectivity index (χ3v) is 4.62. The molecule has 0 radical (unpaired) electrons. The molecular weight excluding hydrogens is 366 g/mol. The van der Waals surface area contributed by atoms with Crippen LogP contribution >= 0.6 is 27.5 Å². The third-order valence-electron chi connectivity index (χ3n) is 3.43. The molecule has 1 fully saturated rings. The van der Waals surface area contributed by atoms with E-state index in [9.17, 15) is 10.2 Å². The van der Waals surface area contributed by atoms with Crippen molar-refractivity contribution in [1.82, 2.24) is 4.98 Å². The summed E-state index contributed by atoms with van der Waals surface area (Å²) in [6.07, 6.45) is -2.72. The van der Waals surface area contributed by atoms with E-state index in [1.807, 2.05) is 0 Å². The summed E-state index contributed by atoms with van der Waals surface area (Å²) in [5.74, 6) is 0.456. The fraction of sp³-hybridized carbons (Fsp3) is 0.385. The molecule has 1 aliphatic heterocycles. The summed E-state index contributed by atoms with van der Waals surface area (Å²) in [5, 5.41) is 30.0. The van der Waals surface area contributed by atoms with Crippen LogP contribution in [0.1, 0.15) is 0 Å². The molecule has 2 aromatic rings. The molecule has 1 aromatic heterocycles. The van der Waals surface area contributed by atoms with Crippen LogP contribution in [-0.4, -0.2) is 51.5 Å². The molecule has 114 valence electrons. The third kappa shape index (κ3) is 2.65. The quantitative estimate of drug-likeness (QED) is 0.648. The SMILES string of the molecule is OC[C@H]1OC(Oc2c[nH]c3cc(Cl)c(Br)cc23)[C@H](O)[C@H]1O. The fourth-order valence-corrected chi connectivity index (χ4v) is 2.78. The molecule has 6 nitrogen and oxygen atoms in total. The summed E-state index contributed by atoms with van der Waals surface area (Å²) >= 11 is 9.35. The molecule has 1 unspecified atom stereocenters. The zero-order valence-electron chi connectivity index (χ0n) is 10.7. The number of benzene rings is 1. The van der Waals surface area contributed by atoms with Crippen molar-refractivity contribution in [3.8, 4) is 5.75 Å². The summed E-state index contributed by atoms with van der Waals surface area (Å²) in [6, 6.07) is 3.52. The van der Waals surface area contributed by atoms with Crippen molar-refractivity contribution in [1.29, 1.82) is 0 Å². The Hall–Kier alpha value is -0.830. The Bertz CT molecular complexity index is 663. The minimum absolute atomic E-state index is 0.396. The molecule has 1 aromatic carbocycles. The normalized spacial score (nSPS) is 29.2. The number of aliphatic hydroxyl groups excluding tert-OH is 3. The standard InChI is InChI=1S/C13H13BrClNO5/c14-6-1-5-8(2-7(6)15)16-3-9(5)20-13-12(19)11(18)10(4-17)21-13/h1-3,10-13,16-19H,4H2/t10-,11+,12-,13?/m1/s1. The summed E-state index contributed by atoms with van der Waals surface area (Å²) < 4.78 is 11.6. The van der Waals surface area contributed by atoms with E-state index in [0.29, 0.717) is 15.2 Å². The van der Waals surface area contributed by atoms with E-state index < -0.39 is 31.2 Å². The van der Waals surface area contributed by atoms with Crippen LogP contribution in [0.25, 0.3) is 10.9 Å². The first kappa shape index (κ1) is 15.1. The van der Waals surface area contributed by atoms with Gasteiger partial charge in [0.1, 0.15) is 24.1 Å². The monoisotopic (exact) mass is 377 g/mol. The Labute approximate surface area is 133 Å². The van der Waals surface area contributed by atoms with Crippen LogP contribution in [0.2, 0.25) is 5.02 Å². The number of ether oxygens (including phenoxy) is 2. The highest BCUT2D eigenvalue weighted by Gasteiger charge is 2.44. The van der Waals surface area contributed by atoms with Crippen molar-refractivity contribution in [3.05, 3.63) is 27.8 Å². The molecule has 1 saturated heterocycles. The number of aromatic nitrogens is 1. The van der Waals surface area contributed by atoms with E-state index in [4.69, 9.17) is 26.2 Å². The van der Waals surface area contributed by atoms with Crippen LogP contribution < -0.4 is 4.74 Å². The van der Waals surface area contributed by atoms with E-state index in [0.717, 1.165) is 10.9 Å². The second-order valence-electron chi connectivity index (χ2n) is 4.79. The number of fused-ring (bicyclic) bond motifs is 1. The van der Waals surface area contributed by atoms with Gasteiger partial charge in [-0.3, -0.25) is 0 Å². The second kappa shape index (κ2) is 5.75. The lowest BCUT2D eigenvalue weighted by Gasteiger charge is -2.16. The Balaban J connectivity index is 1.87. The minimum Gasteiger partial charge on any atom is -0.460 e. The molecule has 1 aliphatic rings. The molecule has 4 N–H and O–H groups in total. The molecule has 0 amide bonds. The predicted octanol–water partition coefficient (Wildman–Crippen LogP) is 1.40. The molecule has 0 spiro atoms. The lowest BCUT2D eigenvalue weighted by atomic mass is 10.1. The number of hydrogen-bond donors (Lipinski definition) is 4. The van der Waals surface area contributed by atoms with E-state index in [2.05, 4.69) is 20.9 Å². The molecule has 4 atom stereocenters. The fourth-order valence-electron chi connectivity index (χ4n) is 2.28. The van der Waals surface area contributed by atoms with Gasteiger partial charge in [-0.2, -0.15) is 0 Å². The van der Waals surface area contributed by atoms with Gasteiger partial charge in [0.25, 0.3) is 0 Å². The van der Waals surface area contributed by atoms with Crippen LogP contribution in [0.15, 0.2) is 22.8 Å². The van der Waals surface area contributed by atoms with E-state index in [-0.39, 0.29) is 0 Å². The zero-order chi connectivity index (χ0) is 15.1. The van der Waals surface area contributed by atoms with Gasteiger partial charge in [0, 0.05) is 16.1 Å². The van der Waals surface area contributed by atoms with Gasteiger partial charge in [-0.1, -0.05) is 11.6 Å². The Kier molecular flexibility index (Phi) is 4.13. The molecule has 3 rings (SSSR count). The van der Waals surface area contributed by atoms with E-state index in [1.165, 1.54) is 0 Å². The number of nitrogens with one attached hydrogen (secondary N) is 1. The lowest BCUT2D eigenvalue weighted by molar-refractivity contribution is -0.115. The number of aromatic amines is 1. The Morgan fingerprint density at radius 3 is 2.76 bits per heavy atom. The van der Waals surface area contributed by atoms with Gasteiger partial charge in [-0.25, -0.2) is 0 Å². The average Bonchev–Trinajstić information content (AvgIpc) is 2.96. The van der Waals surface area contributed by atoms with Crippen LogP contribution in [0.4, 0.5) is 0 Å². The maximum absolute atomic E-state index is 9.88. The van der Waals surface area contributed by atoms with Gasteiger partial charge in [-0.15, -0.1) is 0 Å². The van der Waals surface area contributed by atoms with Gasteiger partial charge in [-0.05, 0) is 28.1 Å². The first-order chi connectivity index (χ1) is 10.0. The molecule has 21 heavy (non-hydrogen) atoms. The van der Waals surface area contributed by atoms with Gasteiger partial charge in [0.05, 0.1) is 17.1 Å². The first-order valence-corrected chi connectivity index (χ1v) is 7.43. The van der Waals surface area contributed by atoms with Crippen molar-refractivity contribution >= 4 is 38.4 Å². The number of H-pyrrole nitrogens is 1. The molecule has 0 aliphatic carbocycles. The molecule has 2 heterocycles. The summed E-state index contributed by atoms with van der Waals surface area (Å²) in [5.41, 5.74) is 0.768. The van der Waals surface area contributed by atoms with Crippen molar-refractivity contribution < 1.29 is 24.8 Å². The number of hydrogen-bond acceptors (Lipinski definition) is 5. The molecule has 0 bridgehead atoms. The Morgan fingerprint density at radius 1 is 1.33 bits per heavy atom. The molecular formula is C13H13BrClNO5. The largest absolute Gasteiger partial charge is 0.460 e. The maximum atomic E-state index is 9.88. The van der Waals surface area contributed by atoms with Crippen molar-refractivity contribution in [2.45, 2.75) is 24.6 Å². The van der Waals surface area contributed by atoms with Crippen LogP contribution in [0.3, 0.4) is 0 Å². The number of rotatable bonds is 3. The smallest absolute Gasteiger partial charge is 0.229 e. The summed E-state index contributed by atoms with van der Waals surface area (Å²) in [7, 11) is 0. The highest BCUT2D eigenvalue weighted by molar-refractivity contribution is 9.10. The Morgan fingerprint density at radius 2 is 2.10 bits per heavy atom. The van der Waals surface area contributed by atoms with Crippen LogP contribution in [0, 0.1) is 0 Å². The van der Waals surface area contributed by atoms with Crippen LogP contribution in [-0.2, 0) is 4.74 Å². The van der Waals surface area contributed by atoms with E-state index in [1.54, 1.807) is 18.3 Å². The average molecular weight is 379 g/mol. The van der Waals surface area contributed by atoms with Gasteiger partial charge in [0.15, 0.2) is 0 Å². The number of aliphatic hydroxyl groups is 3. The van der Waals surface area contributed by atoms with Crippen molar-refractivity contribution in [2.24, 2.45) is 0 Å². The van der Waals surface area contributed by atoms with Gasteiger partial charge in [0.2, 0.25) is 6.29 Å². The minimum atomic E-state index is -1.23. The zero-order valence-corrected chi connectivity index (χ0v) is 13.0. The maximum Gasteiger partial charge on any atom is 0.229 e. The van der Waals surface area contributed by atoms with E-state index >= 15 is 0 Å². The number of halogens is 2. The van der Waals surface area contributed by atoms with Gasteiger partial charge < -0.3 is 29.8 Å². The topological polar surface area (TPSA) is 94.9 Å². The summed E-state index contributed by atoms with van der Waals surface area (Å²) in [6.45, 7) is -0.396. The molecule has 8 heteroatoms. The predicted molar refractivity (Wildman–Crippen MR) is 79.4 cm³/mol.